The van der Waals surface area contributed by atoms with E-state index in [0.29, 0.717) is 12.3 Å². The van der Waals surface area contributed by atoms with Gasteiger partial charge < -0.3 is 19.9 Å². The highest BCUT2D eigenvalue weighted by Gasteiger charge is 2.06. The molecule has 2 N–H and O–H groups in total. The molecule has 0 saturated heterocycles. The molecule has 0 aromatic heterocycles. The summed E-state index contributed by atoms with van der Waals surface area (Å²) in [6.07, 6.45) is -0.588. The first kappa shape index (κ1) is 15.9. The predicted octanol–water partition coefficient (Wildman–Crippen LogP) is 3.15. The molecule has 0 aliphatic rings. The van der Waals surface area contributed by atoms with Crippen molar-refractivity contribution in [1.82, 2.24) is 0 Å². The first-order valence-corrected chi connectivity index (χ1v) is 7.69. The van der Waals surface area contributed by atoms with Gasteiger partial charge in [-0.15, -0.1) is 0 Å². The number of ether oxygens (including phenoxy) is 2. The Morgan fingerprint density at radius 3 is 2.57 bits per heavy atom. The lowest BCUT2D eigenvalue weighted by Gasteiger charge is -2.14. The van der Waals surface area contributed by atoms with E-state index in [1.807, 2.05) is 42.5 Å². The van der Waals surface area contributed by atoms with E-state index in [4.69, 9.17) is 9.47 Å². The number of anilines is 1. The van der Waals surface area contributed by atoms with Gasteiger partial charge in [0.25, 0.3) is 0 Å². The Bertz CT molecular complexity index is 560. The molecule has 0 bridgehead atoms. The standard InChI is InChI=1S/C16H18INO3/c1-20-15-3-2-4-16(9-15)21-11-14(19)10-18-13-7-5-12(17)6-8-13/h2-9,14,18-19H,10-11H2,1H3. The topological polar surface area (TPSA) is 50.7 Å². The third-order valence-electron chi connectivity index (χ3n) is 2.87. The number of halogens is 1. The van der Waals surface area contributed by atoms with Crippen LogP contribution in [0.5, 0.6) is 11.5 Å². The van der Waals surface area contributed by atoms with Crippen molar-refractivity contribution in [2.45, 2.75) is 6.10 Å². The molecule has 0 aliphatic heterocycles. The molecular weight excluding hydrogens is 381 g/mol. The van der Waals surface area contributed by atoms with Crippen LogP contribution in [0.25, 0.3) is 0 Å². The molecule has 0 amide bonds. The SMILES string of the molecule is COc1cccc(OCC(O)CNc2ccc(I)cc2)c1. The van der Waals surface area contributed by atoms with Crippen LogP contribution >= 0.6 is 22.6 Å². The van der Waals surface area contributed by atoms with Gasteiger partial charge in [0.05, 0.1) is 7.11 Å². The zero-order valence-electron chi connectivity index (χ0n) is 11.8. The number of nitrogens with one attached hydrogen (secondary N) is 1. The third kappa shape index (κ3) is 5.43. The zero-order chi connectivity index (χ0) is 15.1. The number of aliphatic hydroxyl groups is 1. The average molecular weight is 399 g/mol. The molecule has 21 heavy (non-hydrogen) atoms. The van der Waals surface area contributed by atoms with Gasteiger partial charge in [0.1, 0.15) is 24.2 Å². The van der Waals surface area contributed by atoms with Crippen molar-refractivity contribution in [2.24, 2.45) is 0 Å². The van der Waals surface area contributed by atoms with Crippen LogP contribution < -0.4 is 14.8 Å². The average Bonchev–Trinajstić information content (AvgIpc) is 2.52. The number of aliphatic hydroxyl groups excluding tert-OH is 1. The highest BCUT2D eigenvalue weighted by molar-refractivity contribution is 14.1. The highest BCUT2D eigenvalue weighted by Crippen LogP contribution is 2.19. The van der Waals surface area contributed by atoms with Crippen LogP contribution in [0.3, 0.4) is 0 Å². The van der Waals surface area contributed by atoms with Gasteiger partial charge in [-0.25, -0.2) is 0 Å². The molecule has 0 aliphatic carbocycles. The Kier molecular flexibility index (Phi) is 6.13. The molecule has 2 rings (SSSR count). The maximum Gasteiger partial charge on any atom is 0.123 e. The Hall–Kier alpha value is -1.47. The van der Waals surface area contributed by atoms with Gasteiger partial charge in [0, 0.05) is 21.9 Å². The van der Waals surface area contributed by atoms with Crippen molar-refractivity contribution in [1.29, 1.82) is 0 Å². The molecule has 0 fully saturated rings. The largest absolute Gasteiger partial charge is 0.497 e. The number of benzene rings is 2. The molecule has 0 heterocycles. The number of hydrogen-bond acceptors (Lipinski definition) is 4. The molecule has 0 spiro atoms. The molecule has 2 aromatic carbocycles. The summed E-state index contributed by atoms with van der Waals surface area (Å²) in [4.78, 5) is 0. The quantitative estimate of drug-likeness (QED) is 0.703. The minimum Gasteiger partial charge on any atom is -0.497 e. The third-order valence-corrected chi connectivity index (χ3v) is 3.59. The lowest BCUT2D eigenvalue weighted by atomic mass is 10.3. The van der Waals surface area contributed by atoms with Gasteiger partial charge in [-0.2, -0.15) is 0 Å². The van der Waals surface area contributed by atoms with E-state index >= 15 is 0 Å². The monoisotopic (exact) mass is 399 g/mol. The first-order chi connectivity index (χ1) is 10.2. The highest BCUT2D eigenvalue weighted by atomic mass is 127. The van der Waals surface area contributed by atoms with Gasteiger partial charge in [-0.1, -0.05) is 6.07 Å². The summed E-state index contributed by atoms with van der Waals surface area (Å²) >= 11 is 2.26. The fraction of sp³-hybridized carbons (Fsp3) is 0.250. The van der Waals surface area contributed by atoms with Crippen LogP contribution in [-0.2, 0) is 0 Å². The van der Waals surface area contributed by atoms with Crippen molar-refractivity contribution < 1.29 is 14.6 Å². The molecule has 112 valence electrons. The summed E-state index contributed by atoms with van der Waals surface area (Å²) in [5.41, 5.74) is 0.982. The Morgan fingerprint density at radius 2 is 1.86 bits per heavy atom. The van der Waals surface area contributed by atoms with Gasteiger partial charge in [-0.3, -0.25) is 0 Å². The van der Waals surface area contributed by atoms with E-state index in [2.05, 4.69) is 27.9 Å². The second-order valence-corrected chi connectivity index (χ2v) is 5.78. The van der Waals surface area contributed by atoms with E-state index in [0.717, 1.165) is 11.4 Å². The van der Waals surface area contributed by atoms with Crippen LogP contribution in [0.1, 0.15) is 0 Å². The van der Waals surface area contributed by atoms with Crippen molar-refractivity contribution in [3.63, 3.8) is 0 Å². The van der Waals surface area contributed by atoms with Crippen molar-refractivity contribution in [3.05, 3.63) is 52.1 Å². The molecular formula is C16H18INO3. The van der Waals surface area contributed by atoms with E-state index in [9.17, 15) is 5.11 Å². The fourth-order valence-electron chi connectivity index (χ4n) is 1.75. The summed E-state index contributed by atoms with van der Waals surface area (Å²) in [6, 6.07) is 15.3. The summed E-state index contributed by atoms with van der Waals surface area (Å²) in [7, 11) is 1.61. The maximum atomic E-state index is 9.93. The maximum absolute atomic E-state index is 9.93. The minimum atomic E-state index is -0.588. The molecule has 1 unspecified atom stereocenters. The smallest absolute Gasteiger partial charge is 0.123 e. The fourth-order valence-corrected chi connectivity index (χ4v) is 2.11. The summed E-state index contributed by atoms with van der Waals surface area (Å²) in [6.45, 7) is 0.662. The molecule has 0 saturated carbocycles. The second kappa shape index (κ2) is 8.09. The van der Waals surface area contributed by atoms with Gasteiger partial charge in [0.2, 0.25) is 0 Å². The van der Waals surface area contributed by atoms with E-state index in [-0.39, 0.29) is 6.61 Å². The Balaban J connectivity index is 1.76. The van der Waals surface area contributed by atoms with E-state index in [1.165, 1.54) is 3.57 Å². The van der Waals surface area contributed by atoms with Gasteiger partial charge in [0.15, 0.2) is 0 Å². The summed E-state index contributed by atoms with van der Waals surface area (Å²) in [5.74, 6) is 1.42. The Labute approximate surface area is 138 Å². The predicted molar refractivity (Wildman–Crippen MR) is 92.1 cm³/mol. The summed E-state index contributed by atoms with van der Waals surface area (Å²) < 4.78 is 11.8. The van der Waals surface area contributed by atoms with Crippen molar-refractivity contribution in [2.75, 3.05) is 25.6 Å². The zero-order valence-corrected chi connectivity index (χ0v) is 13.9. The van der Waals surface area contributed by atoms with E-state index in [1.54, 1.807) is 13.2 Å². The molecule has 5 heteroatoms. The molecule has 0 radical (unpaired) electrons. The molecule has 2 aromatic rings. The summed E-state index contributed by atoms with van der Waals surface area (Å²) in [5, 5.41) is 13.1. The van der Waals surface area contributed by atoms with Crippen LogP contribution in [0.4, 0.5) is 5.69 Å². The number of methoxy groups -OCH3 is 1. The second-order valence-electron chi connectivity index (χ2n) is 4.53. The first-order valence-electron chi connectivity index (χ1n) is 6.62. The van der Waals surface area contributed by atoms with E-state index < -0.39 is 6.10 Å². The number of rotatable bonds is 7. The lowest BCUT2D eigenvalue weighted by Crippen LogP contribution is -2.26. The van der Waals surface area contributed by atoms with Crippen molar-refractivity contribution >= 4 is 28.3 Å². The van der Waals surface area contributed by atoms with Gasteiger partial charge >= 0.3 is 0 Å². The van der Waals surface area contributed by atoms with Crippen LogP contribution in [0, 0.1) is 3.57 Å². The lowest BCUT2D eigenvalue weighted by molar-refractivity contribution is 0.117. The Morgan fingerprint density at radius 1 is 1.14 bits per heavy atom. The van der Waals surface area contributed by atoms with Crippen LogP contribution in [0.15, 0.2) is 48.5 Å². The van der Waals surface area contributed by atoms with Gasteiger partial charge in [-0.05, 0) is 59.0 Å². The molecule has 1 atom stereocenters. The van der Waals surface area contributed by atoms with Crippen LogP contribution in [0.2, 0.25) is 0 Å². The van der Waals surface area contributed by atoms with Crippen molar-refractivity contribution in [3.8, 4) is 11.5 Å². The number of hydrogen-bond donors (Lipinski definition) is 2. The minimum absolute atomic E-state index is 0.227. The van der Waals surface area contributed by atoms with Crippen LogP contribution in [-0.4, -0.2) is 31.5 Å². The normalized spacial score (nSPS) is 11.8. The molecule has 4 nitrogen and oxygen atoms in total.